The Labute approximate surface area is 150 Å². The monoisotopic (exact) mass is 341 g/mol. The Hall–Kier alpha value is -3.58. The number of fused-ring (bicyclic) bond motifs is 2. The van der Waals surface area contributed by atoms with Crippen LogP contribution >= 0.6 is 0 Å². The van der Waals surface area contributed by atoms with Crippen LogP contribution in [0.4, 0.5) is 0 Å². The zero-order chi connectivity index (χ0) is 18.3. The van der Waals surface area contributed by atoms with Crippen LogP contribution in [0, 0.1) is 11.3 Å². The summed E-state index contributed by atoms with van der Waals surface area (Å²) in [6, 6.07) is 17.9. The number of ketones is 1. The van der Waals surface area contributed by atoms with Crippen LogP contribution in [-0.2, 0) is 12.8 Å². The lowest BCUT2D eigenvalue weighted by Crippen LogP contribution is -2.16. The van der Waals surface area contributed by atoms with Crippen LogP contribution in [0.3, 0.4) is 0 Å². The van der Waals surface area contributed by atoms with Crippen molar-refractivity contribution >= 4 is 5.78 Å². The molecule has 0 fully saturated rings. The molecule has 4 nitrogen and oxygen atoms in total. The fourth-order valence-electron chi connectivity index (χ4n) is 3.46. The molecular formula is C22H15NO3. The first kappa shape index (κ1) is 15.9. The Bertz CT molecular complexity index is 1080. The first-order chi connectivity index (χ1) is 12.6. The second-order valence-corrected chi connectivity index (χ2v) is 6.41. The van der Waals surface area contributed by atoms with Gasteiger partial charge in [-0.2, -0.15) is 5.26 Å². The lowest BCUT2D eigenvalue weighted by molar-refractivity contribution is 0.102. The molecule has 4 heteroatoms. The fraction of sp³-hybridized carbons (Fsp3) is 0.0909. The van der Waals surface area contributed by atoms with E-state index < -0.39 is 0 Å². The summed E-state index contributed by atoms with van der Waals surface area (Å²) < 4.78 is 0. The molecule has 1 aliphatic rings. The molecule has 0 saturated carbocycles. The number of nitriles is 1. The van der Waals surface area contributed by atoms with E-state index in [-0.39, 0.29) is 28.4 Å². The third kappa shape index (κ3) is 2.51. The van der Waals surface area contributed by atoms with E-state index in [1.807, 2.05) is 30.3 Å². The Kier molecular flexibility index (Phi) is 3.70. The number of rotatable bonds is 2. The van der Waals surface area contributed by atoms with E-state index in [2.05, 4.69) is 6.07 Å². The van der Waals surface area contributed by atoms with E-state index in [0.717, 1.165) is 16.7 Å². The number of phenolic OH excluding ortho intramolecular Hbond substituents is 2. The summed E-state index contributed by atoms with van der Waals surface area (Å²) in [6.07, 6.45) is 0.946. The molecular weight excluding hydrogens is 326 g/mol. The molecule has 0 spiro atoms. The summed E-state index contributed by atoms with van der Waals surface area (Å²) in [7, 11) is 0. The van der Waals surface area contributed by atoms with Crippen molar-refractivity contribution in [3.63, 3.8) is 0 Å². The first-order valence-electron chi connectivity index (χ1n) is 8.27. The highest BCUT2D eigenvalue weighted by Gasteiger charge is 2.29. The van der Waals surface area contributed by atoms with Gasteiger partial charge in [0.05, 0.1) is 22.8 Å². The molecule has 26 heavy (non-hydrogen) atoms. The van der Waals surface area contributed by atoms with E-state index in [9.17, 15) is 15.0 Å². The summed E-state index contributed by atoms with van der Waals surface area (Å²) in [6.45, 7) is 0. The molecule has 0 saturated heterocycles. The number of carbonyl (C=O) groups is 1. The molecule has 1 aliphatic carbocycles. The quantitative estimate of drug-likeness (QED) is 0.582. The molecule has 0 unspecified atom stereocenters. The van der Waals surface area contributed by atoms with Crippen molar-refractivity contribution < 1.29 is 15.0 Å². The second-order valence-electron chi connectivity index (χ2n) is 6.41. The van der Waals surface area contributed by atoms with Gasteiger partial charge in [-0.05, 0) is 46.9 Å². The summed E-state index contributed by atoms with van der Waals surface area (Å²) in [5.74, 6) is -0.445. The van der Waals surface area contributed by atoms with Crippen molar-refractivity contribution in [2.24, 2.45) is 0 Å². The maximum absolute atomic E-state index is 12.9. The average Bonchev–Trinajstić information content (AvgIpc) is 2.64. The molecule has 3 aromatic rings. The minimum atomic E-state index is -0.349. The van der Waals surface area contributed by atoms with Crippen molar-refractivity contribution in [3.05, 3.63) is 93.5 Å². The summed E-state index contributed by atoms with van der Waals surface area (Å²) in [4.78, 5) is 12.9. The molecule has 2 N–H and O–H groups in total. The minimum Gasteiger partial charge on any atom is -0.507 e. The minimum absolute atomic E-state index is 0.0363. The zero-order valence-electron chi connectivity index (χ0n) is 13.9. The molecule has 0 bridgehead atoms. The van der Waals surface area contributed by atoms with Crippen LogP contribution < -0.4 is 0 Å². The van der Waals surface area contributed by atoms with E-state index in [4.69, 9.17) is 5.26 Å². The lowest BCUT2D eigenvalue weighted by Gasteiger charge is -2.21. The van der Waals surface area contributed by atoms with Gasteiger partial charge in [-0.25, -0.2) is 0 Å². The van der Waals surface area contributed by atoms with Gasteiger partial charge in [0.15, 0.2) is 0 Å². The van der Waals surface area contributed by atoms with Crippen molar-refractivity contribution in [3.8, 4) is 17.6 Å². The standard InChI is InChI=1S/C22H15NO3/c23-12-14-6-4-13(5-7-14)10-17-9-8-16-11-15-2-1-3-18(24)19(15)22(26)20(16)21(17)25/h1-9,24-25H,10-11H2. The van der Waals surface area contributed by atoms with Gasteiger partial charge >= 0.3 is 0 Å². The summed E-state index contributed by atoms with van der Waals surface area (Å²) >= 11 is 0. The molecule has 0 atom stereocenters. The van der Waals surface area contributed by atoms with Crippen LogP contribution in [0.1, 0.15) is 43.7 Å². The second kappa shape index (κ2) is 6.05. The van der Waals surface area contributed by atoms with Gasteiger partial charge in [0, 0.05) is 6.42 Å². The molecule has 0 aliphatic heterocycles. The first-order valence-corrected chi connectivity index (χ1v) is 8.27. The largest absolute Gasteiger partial charge is 0.507 e. The number of hydrogen-bond donors (Lipinski definition) is 2. The lowest BCUT2D eigenvalue weighted by atomic mass is 9.82. The third-order valence-electron chi connectivity index (χ3n) is 4.79. The molecule has 3 aromatic carbocycles. The molecule has 0 aromatic heterocycles. The van der Waals surface area contributed by atoms with E-state index in [1.165, 1.54) is 6.07 Å². The smallest absolute Gasteiger partial charge is 0.201 e. The molecule has 0 heterocycles. The van der Waals surface area contributed by atoms with Gasteiger partial charge in [0.2, 0.25) is 5.78 Å². The molecule has 0 amide bonds. The highest BCUT2D eigenvalue weighted by molar-refractivity contribution is 6.15. The molecule has 0 radical (unpaired) electrons. The van der Waals surface area contributed by atoms with Gasteiger partial charge in [-0.15, -0.1) is 0 Å². The summed E-state index contributed by atoms with van der Waals surface area (Å²) in [5.41, 5.74) is 4.21. The Morgan fingerprint density at radius 3 is 2.38 bits per heavy atom. The highest BCUT2D eigenvalue weighted by atomic mass is 16.3. The predicted molar refractivity (Wildman–Crippen MR) is 96.4 cm³/mol. The van der Waals surface area contributed by atoms with E-state index in [1.54, 1.807) is 18.2 Å². The SMILES string of the molecule is N#Cc1ccc(Cc2ccc3c(c2O)C(=O)c2c(O)cccc2C3)cc1. The van der Waals surface area contributed by atoms with E-state index in [0.29, 0.717) is 24.0 Å². The van der Waals surface area contributed by atoms with Gasteiger partial charge < -0.3 is 10.2 Å². The van der Waals surface area contributed by atoms with Crippen molar-refractivity contribution in [1.82, 2.24) is 0 Å². The number of carbonyl (C=O) groups excluding carboxylic acids is 1. The molecule has 126 valence electrons. The highest BCUT2D eigenvalue weighted by Crippen LogP contribution is 2.38. The number of benzene rings is 3. The molecule has 4 rings (SSSR count). The van der Waals surface area contributed by atoms with E-state index >= 15 is 0 Å². The number of aromatic hydroxyl groups is 2. The topological polar surface area (TPSA) is 81.3 Å². The number of nitrogens with zero attached hydrogens (tertiary/aromatic N) is 1. The normalized spacial score (nSPS) is 12.2. The maximum Gasteiger partial charge on any atom is 0.201 e. The van der Waals surface area contributed by atoms with Crippen molar-refractivity contribution in [2.45, 2.75) is 12.8 Å². The Morgan fingerprint density at radius 2 is 1.65 bits per heavy atom. The van der Waals surface area contributed by atoms with Crippen LogP contribution in [0.5, 0.6) is 11.5 Å². The van der Waals surface area contributed by atoms with Crippen LogP contribution in [0.25, 0.3) is 0 Å². The van der Waals surface area contributed by atoms with Gasteiger partial charge in [0.1, 0.15) is 11.5 Å². The van der Waals surface area contributed by atoms with Crippen molar-refractivity contribution in [2.75, 3.05) is 0 Å². The van der Waals surface area contributed by atoms with Crippen LogP contribution in [0.2, 0.25) is 0 Å². The van der Waals surface area contributed by atoms with Gasteiger partial charge in [-0.3, -0.25) is 4.79 Å². The third-order valence-corrected chi connectivity index (χ3v) is 4.79. The average molecular weight is 341 g/mol. The van der Waals surface area contributed by atoms with Crippen LogP contribution in [-0.4, -0.2) is 16.0 Å². The fourth-order valence-corrected chi connectivity index (χ4v) is 3.46. The summed E-state index contributed by atoms with van der Waals surface area (Å²) in [5, 5.41) is 29.7. The number of hydrogen-bond acceptors (Lipinski definition) is 4. The maximum atomic E-state index is 12.9. The Balaban J connectivity index is 1.74. The number of phenols is 2. The van der Waals surface area contributed by atoms with Crippen molar-refractivity contribution in [1.29, 1.82) is 5.26 Å². The zero-order valence-corrected chi connectivity index (χ0v) is 13.9. The Morgan fingerprint density at radius 1 is 0.923 bits per heavy atom. The predicted octanol–water partition coefficient (Wildman–Crippen LogP) is 3.70. The van der Waals surface area contributed by atoms with Crippen LogP contribution in [0.15, 0.2) is 54.6 Å². The van der Waals surface area contributed by atoms with Gasteiger partial charge in [0.25, 0.3) is 0 Å². The van der Waals surface area contributed by atoms with Gasteiger partial charge in [-0.1, -0.05) is 36.4 Å².